The normalized spacial score (nSPS) is 24.1. The third kappa shape index (κ3) is 4.84. The Morgan fingerprint density at radius 3 is 2.57 bits per heavy atom. The highest BCUT2D eigenvalue weighted by Gasteiger charge is 2.38. The SMILES string of the molecule is Cc1nnc(SCC2OC(c3cccc(N)c3)OC(c3ccc(CO)cc3)C2C)s1. The summed E-state index contributed by atoms with van der Waals surface area (Å²) in [5, 5.41) is 18.6. The van der Waals surface area contributed by atoms with Crippen LogP contribution in [0.25, 0.3) is 0 Å². The molecule has 30 heavy (non-hydrogen) atoms. The van der Waals surface area contributed by atoms with Crippen molar-refractivity contribution in [2.45, 2.75) is 43.3 Å². The average Bonchev–Trinajstić information content (AvgIpc) is 3.18. The summed E-state index contributed by atoms with van der Waals surface area (Å²) in [6.45, 7) is 4.13. The number of aryl methyl sites for hydroxylation is 1. The molecule has 1 aromatic heterocycles. The van der Waals surface area contributed by atoms with E-state index in [4.69, 9.17) is 15.2 Å². The molecular weight excluding hydrogens is 418 g/mol. The van der Waals surface area contributed by atoms with Gasteiger partial charge in [0.1, 0.15) is 5.01 Å². The number of aliphatic hydroxyl groups excluding tert-OH is 1. The molecule has 1 fully saturated rings. The number of aromatic nitrogens is 2. The van der Waals surface area contributed by atoms with E-state index < -0.39 is 6.29 Å². The first kappa shape index (κ1) is 21.3. The molecule has 8 heteroatoms. The summed E-state index contributed by atoms with van der Waals surface area (Å²) in [6, 6.07) is 15.5. The maximum absolute atomic E-state index is 9.35. The number of hydrogen-bond acceptors (Lipinski definition) is 8. The van der Waals surface area contributed by atoms with Gasteiger partial charge in [0.25, 0.3) is 0 Å². The molecule has 3 aromatic rings. The van der Waals surface area contributed by atoms with E-state index in [0.29, 0.717) is 5.69 Å². The fraction of sp³-hybridized carbons (Fsp3) is 0.364. The van der Waals surface area contributed by atoms with Crippen molar-refractivity contribution in [1.82, 2.24) is 10.2 Å². The Kier molecular flexibility index (Phi) is 6.70. The predicted molar refractivity (Wildman–Crippen MR) is 119 cm³/mol. The number of benzene rings is 2. The molecule has 4 atom stereocenters. The van der Waals surface area contributed by atoms with E-state index in [0.717, 1.165) is 31.8 Å². The van der Waals surface area contributed by atoms with E-state index in [1.807, 2.05) is 55.5 Å². The van der Waals surface area contributed by atoms with Crippen LogP contribution in [0.15, 0.2) is 52.9 Å². The number of nitrogens with two attached hydrogens (primary N) is 1. The monoisotopic (exact) mass is 443 g/mol. The van der Waals surface area contributed by atoms with Crippen molar-refractivity contribution < 1.29 is 14.6 Å². The van der Waals surface area contributed by atoms with Crippen LogP contribution in [0.1, 0.15) is 41.0 Å². The Morgan fingerprint density at radius 2 is 1.90 bits per heavy atom. The van der Waals surface area contributed by atoms with Crippen LogP contribution < -0.4 is 5.73 Å². The summed E-state index contributed by atoms with van der Waals surface area (Å²) in [5.41, 5.74) is 9.52. The first-order valence-corrected chi connectivity index (χ1v) is 11.6. The summed E-state index contributed by atoms with van der Waals surface area (Å²) in [7, 11) is 0. The Hall–Kier alpha value is -1.97. The summed E-state index contributed by atoms with van der Waals surface area (Å²) in [6.07, 6.45) is -0.685. The van der Waals surface area contributed by atoms with Crippen molar-refractivity contribution >= 4 is 28.8 Å². The van der Waals surface area contributed by atoms with Gasteiger partial charge < -0.3 is 20.3 Å². The number of aliphatic hydroxyl groups is 1. The smallest absolute Gasteiger partial charge is 0.185 e. The minimum Gasteiger partial charge on any atom is -0.399 e. The summed E-state index contributed by atoms with van der Waals surface area (Å²) >= 11 is 3.25. The minimum absolute atomic E-state index is 0.0247. The van der Waals surface area contributed by atoms with E-state index in [1.165, 1.54) is 0 Å². The Morgan fingerprint density at radius 1 is 1.10 bits per heavy atom. The summed E-state index contributed by atoms with van der Waals surface area (Å²) in [4.78, 5) is 0. The fourth-order valence-corrected chi connectivity index (χ4v) is 5.51. The average molecular weight is 444 g/mol. The van der Waals surface area contributed by atoms with E-state index in [1.54, 1.807) is 23.1 Å². The van der Waals surface area contributed by atoms with Crippen molar-refractivity contribution in [3.05, 3.63) is 70.2 Å². The van der Waals surface area contributed by atoms with Gasteiger partial charge in [-0.25, -0.2) is 0 Å². The molecule has 0 spiro atoms. The lowest BCUT2D eigenvalue weighted by Gasteiger charge is -2.41. The molecule has 4 unspecified atom stereocenters. The molecule has 0 bridgehead atoms. The number of nitrogens with zero attached hydrogens (tertiary/aromatic N) is 2. The molecule has 2 aromatic carbocycles. The third-order valence-electron chi connectivity index (χ3n) is 5.18. The molecule has 4 rings (SSSR count). The molecule has 158 valence electrons. The Bertz CT molecular complexity index is 980. The highest BCUT2D eigenvalue weighted by Crippen LogP contribution is 2.43. The number of nitrogen functional groups attached to an aromatic ring is 1. The predicted octanol–water partition coefficient (Wildman–Crippen LogP) is 4.50. The molecule has 1 saturated heterocycles. The standard InChI is InChI=1S/C22H25N3O3S2/c1-13-19(12-29-22-25-24-14(2)30-22)27-21(17-4-3-5-18(23)10-17)28-20(13)16-8-6-15(11-26)7-9-16/h3-10,13,19-21,26H,11-12,23H2,1-2H3. The lowest BCUT2D eigenvalue weighted by Crippen LogP contribution is -2.38. The van der Waals surface area contributed by atoms with Gasteiger partial charge in [0, 0.05) is 22.9 Å². The fourth-order valence-electron chi connectivity index (χ4n) is 3.51. The highest BCUT2D eigenvalue weighted by molar-refractivity contribution is 8.01. The van der Waals surface area contributed by atoms with Crippen molar-refractivity contribution in [1.29, 1.82) is 0 Å². The Balaban J connectivity index is 1.58. The molecule has 0 aliphatic carbocycles. The van der Waals surface area contributed by atoms with Gasteiger partial charge in [-0.2, -0.15) is 0 Å². The second-order valence-corrected chi connectivity index (χ2v) is 9.84. The summed E-state index contributed by atoms with van der Waals surface area (Å²) < 4.78 is 13.7. The number of hydrogen-bond donors (Lipinski definition) is 2. The van der Waals surface area contributed by atoms with Crippen LogP contribution in [0.4, 0.5) is 5.69 Å². The number of thioether (sulfide) groups is 1. The lowest BCUT2D eigenvalue weighted by atomic mass is 9.91. The molecule has 0 saturated carbocycles. The quantitative estimate of drug-likeness (QED) is 0.428. The van der Waals surface area contributed by atoms with Crippen LogP contribution in [0.2, 0.25) is 0 Å². The van der Waals surface area contributed by atoms with Gasteiger partial charge in [-0.3, -0.25) is 0 Å². The van der Waals surface area contributed by atoms with E-state index in [9.17, 15) is 5.11 Å². The number of rotatable bonds is 6. The van der Waals surface area contributed by atoms with Crippen molar-refractivity contribution in [2.24, 2.45) is 5.92 Å². The van der Waals surface area contributed by atoms with Gasteiger partial charge in [0.05, 0.1) is 18.8 Å². The Labute approximate surface area is 184 Å². The van der Waals surface area contributed by atoms with Crippen LogP contribution in [0.5, 0.6) is 0 Å². The number of anilines is 1. The second-order valence-electron chi connectivity index (χ2n) is 7.39. The first-order chi connectivity index (χ1) is 14.5. The summed E-state index contributed by atoms with van der Waals surface area (Å²) in [5.74, 6) is 0.882. The van der Waals surface area contributed by atoms with Gasteiger partial charge in [0.15, 0.2) is 10.6 Å². The largest absolute Gasteiger partial charge is 0.399 e. The van der Waals surface area contributed by atoms with Gasteiger partial charge in [-0.1, -0.05) is 66.4 Å². The lowest BCUT2D eigenvalue weighted by molar-refractivity contribution is -0.268. The third-order valence-corrected chi connectivity index (χ3v) is 7.25. The van der Waals surface area contributed by atoms with Crippen molar-refractivity contribution in [3.8, 4) is 0 Å². The van der Waals surface area contributed by atoms with Crippen LogP contribution in [0.3, 0.4) is 0 Å². The van der Waals surface area contributed by atoms with Crippen LogP contribution in [-0.2, 0) is 16.1 Å². The molecule has 3 N–H and O–H groups in total. The van der Waals surface area contributed by atoms with Crippen molar-refractivity contribution in [2.75, 3.05) is 11.5 Å². The molecule has 0 radical (unpaired) electrons. The molecule has 1 aliphatic heterocycles. The topological polar surface area (TPSA) is 90.5 Å². The highest BCUT2D eigenvalue weighted by atomic mass is 32.2. The number of ether oxygens (including phenoxy) is 2. The van der Waals surface area contributed by atoms with Crippen LogP contribution in [-0.4, -0.2) is 27.2 Å². The second kappa shape index (κ2) is 9.45. The zero-order valence-electron chi connectivity index (χ0n) is 16.9. The van der Waals surface area contributed by atoms with Crippen molar-refractivity contribution in [3.63, 3.8) is 0 Å². The zero-order chi connectivity index (χ0) is 21.1. The van der Waals surface area contributed by atoms with Gasteiger partial charge in [0.2, 0.25) is 0 Å². The first-order valence-electron chi connectivity index (χ1n) is 9.82. The molecule has 0 amide bonds. The van der Waals surface area contributed by atoms with E-state index in [2.05, 4.69) is 17.1 Å². The molecule has 2 heterocycles. The maximum atomic E-state index is 9.35. The van der Waals surface area contributed by atoms with Crippen LogP contribution in [0, 0.1) is 12.8 Å². The maximum Gasteiger partial charge on any atom is 0.185 e. The van der Waals surface area contributed by atoms with E-state index in [-0.39, 0.29) is 24.7 Å². The molecule has 6 nitrogen and oxygen atoms in total. The molecule has 1 aliphatic rings. The zero-order valence-corrected chi connectivity index (χ0v) is 18.5. The van der Waals surface area contributed by atoms with Crippen LogP contribution >= 0.6 is 23.1 Å². The van der Waals surface area contributed by atoms with Gasteiger partial charge >= 0.3 is 0 Å². The minimum atomic E-state index is -0.506. The van der Waals surface area contributed by atoms with E-state index >= 15 is 0 Å². The molecular formula is C22H25N3O3S2. The van der Waals surface area contributed by atoms with Gasteiger partial charge in [-0.05, 0) is 30.2 Å². The van der Waals surface area contributed by atoms with Gasteiger partial charge in [-0.15, -0.1) is 10.2 Å².